The van der Waals surface area contributed by atoms with Gasteiger partial charge in [-0.15, -0.1) is 0 Å². The van der Waals surface area contributed by atoms with Crippen molar-refractivity contribution >= 4 is 11.6 Å². The van der Waals surface area contributed by atoms with E-state index in [-0.39, 0.29) is 43.5 Å². The summed E-state index contributed by atoms with van der Waals surface area (Å²) < 4.78 is 10.5. The number of benzene rings is 1. The molecule has 0 aliphatic rings. The van der Waals surface area contributed by atoms with Crippen LogP contribution in [0.3, 0.4) is 0 Å². The van der Waals surface area contributed by atoms with E-state index in [1.54, 1.807) is 12.1 Å². The molecule has 0 saturated carbocycles. The Morgan fingerprint density at radius 1 is 1.38 bits per heavy atom. The molecule has 2 aromatic rings. The topological polar surface area (TPSA) is 110 Å². The van der Waals surface area contributed by atoms with E-state index in [2.05, 4.69) is 0 Å². The number of nitro groups is 1. The maximum atomic E-state index is 12.3. The number of carbonyl (C=O) groups is 1. The van der Waals surface area contributed by atoms with Gasteiger partial charge in [0.2, 0.25) is 0 Å². The van der Waals surface area contributed by atoms with Crippen molar-refractivity contribution in [2.75, 3.05) is 13.2 Å². The lowest BCUT2D eigenvalue weighted by atomic mass is 10.3. The molecule has 1 aromatic carbocycles. The third-order valence-corrected chi connectivity index (χ3v) is 3.16. The first-order valence-electron chi connectivity index (χ1n) is 7.14. The standard InChI is InChI=1S/C16H15N3O5/c17-7-3-8-18(11-15-6-2-9-23-15)16(20)12-24-14-5-1-4-13(10-14)19(21)22/h1-2,4-6,9-10H,3,8,11-12H2. The summed E-state index contributed by atoms with van der Waals surface area (Å²) in [5.74, 6) is 0.487. The Kier molecular flexibility index (Phi) is 5.91. The van der Waals surface area contributed by atoms with Crippen LogP contribution in [0.2, 0.25) is 0 Å². The molecule has 0 spiro atoms. The second-order valence-corrected chi connectivity index (χ2v) is 4.85. The molecular weight excluding hydrogens is 314 g/mol. The second-order valence-electron chi connectivity index (χ2n) is 4.85. The Balaban J connectivity index is 1.98. The monoisotopic (exact) mass is 329 g/mol. The van der Waals surface area contributed by atoms with E-state index in [9.17, 15) is 14.9 Å². The minimum atomic E-state index is -0.537. The molecule has 24 heavy (non-hydrogen) atoms. The highest BCUT2D eigenvalue weighted by Crippen LogP contribution is 2.19. The Labute approximate surface area is 138 Å². The van der Waals surface area contributed by atoms with Gasteiger partial charge in [0.05, 0.1) is 36.3 Å². The number of nitrogens with zero attached hydrogens (tertiary/aromatic N) is 3. The van der Waals surface area contributed by atoms with Gasteiger partial charge >= 0.3 is 0 Å². The number of non-ortho nitro benzene ring substituents is 1. The summed E-state index contributed by atoms with van der Waals surface area (Å²) in [5, 5.41) is 19.4. The number of nitriles is 1. The van der Waals surface area contributed by atoms with E-state index in [4.69, 9.17) is 14.4 Å². The number of amides is 1. The maximum absolute atomic E-state index is 12.3. The zero-order chi connectivity index (χ0) is 17.4. The maximum Gasteiger partial charge on any atom is 0.273 e. The average molecular weight is 329 g/mol. The molecule has 1 aromatic heterocycles. The van der Waals surface area contributed by atoms with Gasteiger partial charge in [0.25, 0.3) is 11.6 Å². The van der Waals surface area contributed by atoms with E-state index >= 15 is 0 Å². The molecule has 0 bridgehead atoms. The van der Waals surface area contributed by atoms with Gasteiger partial charge in [-0.3, -0.25) is 14.9 Å². The number of carbonyl (C=O) groups excluding carboxylic acids is 1. The summed E-state index contributed by atoms with van der Waals surface area (Å²) in [6, 6.07) is 11.0. The van der Waals surface area contributed by atoms with Gasteiger partial charge in [-0.05, 0) is 18.2 Å². The van der Waals surface area contributed by atoms with E-state index in [1.165, 1.54) is 35.4 Å². The average Bonchev–Trinajstić information content (AvgIpc) is 3.09. The van der Waals surface area contributed by atoms with Crippen LogP contribution in [0.25, 0.3) is 0 Å². The van der Waals surface area contributed by atoms with Gasteiger partial charge in [-0.25, -0.2) is 0 Å². The van der Waals surface area contributed by atoms with Crippen molar-refractivity contribution < 1.29 is 18.9 Å². The molecule has 2 rings (SSSR count). The van der Waals surface area contributed by atoms with Crippen LogP contribution >= 0.6 is 0 Å². The molecule has 0 saturated heterocycles. The predicted octanol–water partition coefficient (Wildman–Crippen LogP) is 2.51. The smallest absolute Gasteiger partial charge is 0.273 e. The van der Waals surface area contributed by atoms with Crippen LogP contribution in [0.15, 0.2) is 47.1 Å². The normalized spacial score (nSPS) is 9.96. The lowest BCUT2D eigenvalue weighted by Crippen LogP contribution is -2.35. The van der Waals surface area contributed by atoms with Crippen LogP contribution in [0, 0.1) is 21.4 Å². The molecule has 8 heteroatoms. The fourth-order valence-corrected chi connectivity index (χ4v) is 1.99. The molecule has 1 amide bonds. The fourth-order valence-electron chi connectivity index (χ4n) is 1.99. The summed E-state index contributed by atoms with van der Waals surface area (Å²) in [6.45, 7) is 0.188. The van der Waals surface area contributed by atoms with Crippen LogP contribution in [-0.4, -0.2) is 28.9 Å². The van der Waals surface area contributed by atoms with Crippen molar-refractivity contribution in [3.8, 4) is 11.8 Å². The van der Waals surface area contributed by atoms with E-state index < -0.39 is 4.92 Å². The molecule has 0 aliphatic carbocycles. The van der Waals surface area contributed by atoms with Gasteiger partial charge in [-0.2, -0.15) is 5.26 Å². The van der Waals surface area contributed by atoms with Crippen LogP contribution in [0.4, 0.5) is 5.69 Å². The molecule has 0 fully saturated rings. The molecule has 0 radical (unpaired) electrons. The first kappa shape index (κ1) is 17.0. The molecular formula is C16H15N3O5. The number of rotatable bonds is 8. The highest BCUT2D eigenvalue weighted by atomic mass is 16.6. The number of hydrogen-bond donors (Lipinski definition) is 0. The number of furan rings is 1. The first-order chi connectivity index (χ1) is 11.6. The Morgan fingerprint density at radius 3 is 2.88 bits per heavy atom. The highest BCUT2D eigenvalue weighted by Gasteiger charge is 2.16. The van der Waals surface area contributed by atoms with Gasteiger partial charge in [-0.1, -0.05) is 6.07 Å². The summed E-state index contributed by atoms with van der Waals surface area (Å²) in [4.78, 5) is 23.9. The summed E-state index contributed by atoms with van der Waals surface area (Å²) in [6.07, 6.45) is 1.69. The van der Waals surface area contributed by atoms with Crippen LogP contribution in [0.1, 0.15) is 12.2 Å². The van der Waals surface area contributed by atoms with E-state index in [1.807, 2.05) is 6.07 Å². The lowest BCUT2D eigenvalue weighted by molar-refractivity contribution is -0.384. The van der Waals surface area contributed by atoms with E-state index in [0.29, 0.717) is 5.76 Å². The Hall–Kier alpha value is -3.34. The largest absolute Gasteiger partial charge is 0.484 e. The molecule has 124 valence electrons. The molecule has 0 aliphatic heterocycles. The first-order valence-corrected chi connectivity index (χ1v) is 7.14. The van der Waals surface area contributed by atoms with Crippen LogP contribution in [-0.2, 0) is 11.3 Å². The molecule has 8 nitrogen and oxygen atoms in total. The second kappa shape index (κ2) is 8.33. The van der Waals surface area contributed by atoms with Crippen molar-refractivity contribution in [3.05, 3.63) is 58.5 Å². The highest BCUT2D eigenvalue weighted by molar-refractivity contribution is 5.77. The van der Waals surface area contributed by atoms with Gasteiger partial charge in [0.15, 0.2) is 6.61 Å². The third-order valence-electron chi connectivity index (χ3n) is 3.16. The fraction of sp³-hybridized carbons (Fsp3) is 0.250. The Morgan fingerprint density at radius 2 is 2.21 bits per heavy atom. The minimum Gasteiger partial charge on any atom is -0.484 e. The van der Waals surface area contributed by atoms with Crippen LogP contribution < -0.4 is 4.74 Å². The number of nitro benzene ring substituents is 1. The number of hydrogen-bond acceptors (Lipinski definition) is 6. The van der Waals surface area contributed by atoms with E-state index in [0.717, 1.165) is 0 Å². The van der Waals surface area contributed by atoms with Crippen molar-refractivity contribution in [3.63, 3.8) is 0 Å². The zero-order valence-electron chi connectivity index (χ0n) is 12.8. The van der Waals surface area contributed by atoms with Gasteiger partial charge in [0, 0.05) is 12.6 Å². The summed E-state index contributed by atoms with van der Waals surface area (Å²) in [5.41, 5.74) is -0.114. The summed E-state index contributed by atoms with van der Waals surface area (Å²) >= 11 is 0. The predicted molar refractivity (Wildman–Crippen MR) is 82.9 cm³/mol. The SMILES string of the molecule is N#CCCN(Cc1ccco1)C(=O)COc1cccc([N+](=O)[O-])c1. The van der Waals surface area contributed by atoms with Gasteiger partial charge < -0.3 is 14.1 Å². The van der Waals surface area contributed by atoms with Crippen molar-refractivity contribution in [1.29, 1.82) is 5.26 Å². The van der Waals surface area contributed by atoms with Crippen molar-refractivity contribution in [1.82, 2.24) is 4.90 Å². The van der Waals surface area contributed by atoms with Crippen molar-refractivity contribution in [2.24, 2.45) is 0 Å². The van der Waals surface area contributed by atoms with Gasteiger partial charge in [0.1, 0.15) is 11.5 Å². The summed E-state index contributed by atoms with van der Waals surface area (Å²) in [7, 11) is 0. The molecule has 0 N–H and O–H groups in total. The molecule has 0 atom stereocenters. The molecule has 0 unspecified atom stereocenters. The number of ether oxygens (including phenoxy) is 1. The zero-order valence-corrected chi connectivity index (χ0v) is 12.8. The van der Waals surface area contributed by atoms with Crippen LogP contribution in [0.5, 0.6) is 5.75 Å². The minimum absolute atomic E-state index is 0.114. The third kappa shape index (κ3) is 4.84. The Bertz CT molecular complexity index is 736. The molecule has 1 heterocycles. The quantitative estimate of drug-likeness (QED) is 0.543. The lowest BCUT2D eigenvalue weighted by Gasteiger charge is -2.20. The van der Waals surface area contributed by atoms with Crippen molar-refractivity contribution in [2.45, 2.75) is 13.0 Å².